The van der Waals surface area contributed by atoms with Gasteiger partial charge in [0.15, 0.2) is 5.13 Å². The van der Waals surface area contributed by atoms with Crippen molar-refractivity contribution in [2.75, 3.05) is 31.7 Å². The number of anilines is 1. The van der Waals surface area contributed by atoms with Gasteiger partial charge in [-0.1, -0.05) is 0 Å². The molecule has 5 nitrogen and oxygen atoms in total. The Hall–Kier alpha value is -1.28. The van der Waals surface area contributed by atoms with Crippen molar-refractivity contribution in [3.05, 3.63) is 11.1 Å². The van der Waals surface area contributed by atoms with Crippen LogP contribution in [0, 0.1) is 0 Å². The number of hydrogen-bond acceptors (Lipinski definition) is 6. The Morgan fingerprint density at radius 1 is 1.55 bits per heavy atom. The number of nitrogens with zero attached hydrogens (tertiary/aromatic N) is 1. The van der Waals surface area contributed by atoms with Crippen molar-refractivity contribution in [1.82, 2.24) is 4.98 Å². The zero-order valence-electron chi connectivity index (χ0n) is 11.2. The van der Waals surface area contributed by atoms with Crippen LogP contribution in [0.15, 0.2) is 5.38 Å². The average Bonchev–Trinajstić information content (AvgIpc) is 2.84. The minimum Gasteiger partial charge on any atom is -0.466 e. The maximum Gasteiger partial charge on any atom is 0.306 e. The maximum absolute atomic E-state index is 11.8. The summed E-state index contributed by atoms with van der Waals surface area (Å²) in [4.78, 5) is 15.5. The molecule has 0 atom stereocenters. The maximum atomic E-state index is 11.8. The van der Waals surface area contributed by atoms with E-state index in [0.29, 0.717) is 31.1 Å². The van der Waals surface area contributed by atoms with E-state index in [1.807, 2.05) is 5.38 Å². The molecule has 0 saturated carbocycles. The molecule has 0 aliphatic carbocycles. The van der Waals surface area contributed by atoms with E-state index in [-0.39, 0.29) is 12.6 Å². The minimum absolute atomic E-state index is 0.197. The normalized spacial score (nSPS) is 10.8. The highest BCUT2D eigenvalue weighted by Gasteiger charge is 2.06. The van der Waals surface area contributed by atoms with Crippen LogP contribution in [0.4, 0.5) is 13.9 Å². The summed E-state index contributed by atoms with van der Waals surface area (Å²) in [5.74, 6) is -0.240. The molecular weight excluding hydrogens is 290 g/mol. The number of carbonyl (C=O) groups is 1. The smallest absolute Gasteiger partial charge is 0.306 e. The van der Waals surface area contributed by atoms with Crippen LogP contribution < -0.4 is 5.32 Å². The first-order valence-electron chi connectivity index (χ1n) is 6.31. The number of hydrogen-bond donors (Lipinski definition) is 1. The molecule has 0 aliphatic rings. The molecule has 0 fully saturated rings. The van der Waals surface area contributed by atoms with E-state index in [2.05, 4.69) is 10.3 Å². The summed E-state index contributed by atoms with van der Waals surface area (Å²) in [5, 5.41) is 5.51. The monoisotopic (exact) mass is 308 g/mol. The second-order valence-electron chi connectivity index (χ2n) is 3.84. The lowest BCUT2D eigenvalue weighted by Crippen LogP contribution is -2.13. The second-order valence-corrected chi connectivity index (χ2v) is 4.70. The van der Waals surface area contributed by atoms with Crippen molar-refractivity contribution in [2.24, 2.45) is 0 Å². The van der Waals surface area contributed by atoms with E-state index in [1.165, 1.54) is 11.3 Å². The molecule has 1 rings (SSSR count). The highest BCUT2D eigenvalue weighted by molar-refractivity contribution is 7.13. The van der Waals surface area contributed by atoms with Crippen molar-refractivity contribution in [3.63, 3.8) is 0 Å². The summed E-state index contributed by atoms with van der Waals surface area (Å²) < 4.78 is 33.2. The van der Waals surface area contributed by atoms with Gasteiger partial charge in [-0.15, -0.1) is 11.3 Å². The Kier molecular flexibility index (Phi) is 8.05. The van der Waals surface area contributed by atoms with Crippen LogP contribution in [0.2, 0.25) is 0 Å². The van der Waals surface area contributed by atoms with Crippen LogP contribution in [0.5, 0.6) is 0 Å². The van der Waals surface area contributed by atoms with Crippen LogP contribution in [0.1, 0.15) is 19.0 Å². The number of ether oxygens (including phenoxy) is 2. The van der Waals surface area contributed by atoms with E-state index in [9.17, 15) is 13.6 Å². The lowest BCUT2D eigenvalue weighted by Gasteiger charge is -2.04. The van der Waals surface area contributed by atoms with Crippen LogP contribution in [0.25, 0.3) is 0 Å². The molecule has 0 spiro atoms. The third kappa shape index (κ3) is 7.34. The Balaban J connectivity index is 2.17. The number of esters is 1. The molecule has 20 heavy (non-hydrogen) atoms. The van der Waals surface area contributed by atoms with Crippen molar-refractivity contribution in [3.8, 4) is 0 Å². The molecule has 0 aliphatic heterocycles. The van der Waals surface area contributed by atoms with Gasteiger partial charge in [-0.25, -0.2) is 13.8 Å². The first-order chi connectivity index (χ1) is 9.61. The number of nitrogens with one attached hydrogen (secondary N) is 1. The zero-order valence-corrected chi connectivity index (χ0v) is 12.0. The Bertz CT molecular complexity index is 402. The quantitative estimate of drug-likeness (QED) is 0.531. The first-order valence-corrected chi connectivity index (χ1v) is 7.19. The fourth-order valence-corrected chi connectivity index (χ4v) is 2.14. The second kappa shape index (κ2) is 9.60. The third-order valence-electron chi connectivity index (χ3n) is 2.21. The molecule has 0 bridgehead atoms. The van der Waals surface area contributed by atoms with Crippen molar-refractivity contribution < 1.29 is 23.0 Å². The zero-order chi connectivity index (χ0) is 14.8. The van der Waals surface area contributed by atoms with E-state index in [4.69, 9.17) is 9.47 Å². The van der Waals surface area contributed by atoms with Crippen molar-refractivity contribution in [2.45, 2.75) is 26.2 Å². The molecule has 1 aromatic rings. The number of thiazole rings is 1. The minimum atomic E-state index is -2.44. The highest BCUT2D eigenvalue weighted by atomic mass is 32.1. The number of alkyl halides is 2. The molecule has 0 aromatic carbocycles. The van der Waals surface area contributed by atoms with E-state index in [1.54, 1.807) is 6.92 Å². The van der Waals surface area contributed by atoms with E-state index < -0.39 is 13.0 Å². The van der Waals surface area contributed by atoms with Gasteiger partial charge >= 0.3 is 5.97 Å². The summed E-state index contributed by atoms with van der Waals surface area (Å²) in [6, 6.07) is 0. The molecule has 0 radical (unpaired) electrons. The fourth-order valence-electron chi connectivity index (χ4n) is 1.37. The molecule has 0 unspecified atom stereocenters. The van der Waals surface area contributed by atoms with Gasteiger partial charge in [-0.3, -0.25) is 4.79 Å². The summed E-state index contributed by atoms with van der Waals surface area (Å²) in [6.45, 7) is 2.20. The molecule has 1 heterocycles. The van der Waals surface area contributed by atoms with Gasteiger partial charge in [0.25, 0.3) is 6.43 Å². The van der Waals surface area contributed by atoms with E-state index in [0.717, 1.165) is 5.69 Å². The van der Waals surface area contributed by atoms with Crippen molar-refractivity contribution >= 4 is 22.4 Å². The molecular formula is C12H18F2N2O3S. The van der Waals surface area contributed by atoms with Crippen LogP contribution in [-0.4, -0.2) is 43.7 Å². The predicted octanol–water partition coefficient (Wildman–Crippen LogP) is 2.33. The molecule has 1 aromatic heterocycles. The Morgan fingerprint density at radius 2 is 2.35 bits per heavy atom. The first kappa shape index (κ1) is 16.8. The van der Waals surface area contributed by atoms with Gasteiger partial charge in [0, 0.05) is 18.3 Å². The number of aryl methyl sites for hydroxylation is 1. The van der Waals surface area contributed by atoms with Gasteiger partial charge < -0.3 is 14.8 Å². The molecule has 114 valence electrons. The van der Waals surface area contributed by atoms with Gasteiger partial charge in [0.2, 0.25) is 0 Å². The van der Waals surface area contributed by atoms with Gasteiger partial charge in [-0.05, 0) is 6.92 Å². The van der Waals surface area contributed by atoms with Gasteiger partial charge in [-0.2, -0.15) is 0 Å². The summed E-state index contributed by atoms with van der Waals surface area (Å²) in [7, 11) is 0. The summed E-state index contributed by atoms with van der Waals surface area (Å²) in [6.07, 6.45) is -1.61. The predicted molar refractivity (Wildman–Crippen MR) is 72.4 cm³/mol. The summed E-state index contributed by atoms with van der Waals surface area (Å²) in [5.41, 5.74) is 0.805. The van der Waals surface area contributed by atoms with Crippen molar-refractivity contribution in [1.29, 1.82) is 0 Å². The average molecular weight is 308 g/mol. The number of carbonyl (C=O) groups excluding carboxylic acids is 1. The fraction of sp³-hybridized carbons (Fsp3) is 0.667. The Morgan fingerprint density at radius 3 is 3.05 bits per heavy atom. The number of rotatable bonds is 10. The SMILES string of the molecule is CCOC(=O)CCc1csc(NCCOCC(F)F)n1. The highest BCUT2D eigenvalue weighted by Crippen LogP contribution is 2.16. The molecule has 8 heteroatoms. The van der Waals surface area contributed by atoms with Gasteiger partial charge in [0.05, 0.1) is 25.3 Å². The molecule has 1 N–H and O–H groups in total. The Labute approximate surface area is 120 Å². The standard InChI is InChI=1S/C12H18F2N2O3S/c1-2-19-11(17)4-3-9-8-20-12(16-9)15-5-6-18-7-10(13)14/h8,10H,2-7H2,1H3,(H,15,16). The molecule has 0 amide bonds. The largest absolute Gasteiger partial charge is 0.466 e. The molecule has 0 saturated heterocycles. The third-order valence-corrected chi connectivity index (χ3v) is 3.06. The van der Waals surface area contributed by atoms with Gasteiger partial charge in [0.1, 0.15) is 6.61 Å². The van der Waals surface area contributed by atoms with Crippen LogP contribution >= 0.6 is 11.3 Å². The summed E-state index contributed by atoms with van der Waals surface area (Å²) >= 11 is 1.40. The topological polar surface area (TPSA) is 60.5 Å². The van der Waals surface area contributed by atoms with Crippen LogP contribution in [-0.2, 0) is 20.7 Å². The van der Waals surface area contributed by atoms with E-state index >= 15 is 0 Å². The van der Waals surface area contributed by atoms with Crippen LogP contribution in [0.3, 0.4) is 0 Å². The lowest BCUT2D eigenvalue weighted by molar-refractivity contribution is -0.143. The lowest BCUT2D eigenvalue weighted by atomic mass is 10.2. The number of aromatic nitrogens is 1. The number of halogens is 2.